The zero-order chi connectivity index (χ0) is 11.4. The summed E-state index contributed by atoms with van der Waals surface area (Å²) in [4.78, 5) is 0. The molecule has 1 saturated carbocycles. The lowest BCUT2D eigenvalue weighted by molar-refractivity contribution is 0.486. The van der Waals surface area contributed by atoms with Crippen molar-refractivity contribution in [1.82, 2.24) is 0 Å². The highest BCUT2D eigenvalue weighted by Gasteiger charge is 2.21. The van der Waals surface area contributed by atoms with Crippen LogP contribution in [-0.2, 0) is 6.42 Å². The first-order valence-corrected chi connectivity index (χ1v) is 8.45. The molecular weight excluding hydrogens is 422 g/mol. The van der Waals surface area contributed by atoms with Crippen molar-refractivity contribution < 1.29 is 0 Å². The van der Waals surface area contributed by atoms with Gasteiger partial charge in [-0.3, -0.25) is 0 Å². The standard InChI is InChI=1S/C14H18I2/c15-13-7-4-11(5-8-13)2-1-3-12-6-9-14(16)10-12/h4-5,7-8,12,14H,1-3,6,9-10H2/t12?,14-/m1/s1. The lowest BCUT2D eigenvalue weighted by Gasteiger charge is -2.08. The van der Waals surface area contributed by atoms with Crippen molar-refractivity contribution in [3.05, 3.63) is 33.4 Å². The molecule has 0 spiro atoms. The lowest BCUT2D eigenvalue weighted by atomic mass is 9.98. The fraction of sp³-hybridized carbons (Fsp3) is 0.571. The van der Waals surface area contributed by atoms with Crippen LogP contribution in [0, 0.1) is 9.49 Å². The van der Waals surface area contributed by atoms with Crippen LogP contribution in [0.25, 0.3) is 0 Å². The van der Waals surface area contributed by atoms with Gasteiger partial charge in [-0.05, 0) is 78.3 Å². The van der Waals surface area contributed by atoms with Crippen LogP contribution < -0.4 is 0 Å². The van der Waals surface area contributed by atoms with Crippen LogP contribution in [-0.4, -0.2) is 3.92 Å². The van der Waals surface area contributed by atoms with Crippen LogP contribution in [0.4, 0.5) is 0 Å². The van der Waals surface area contributed by atoms with Crippen molar-refractivity contribution in [2.45, 2.75) is 42.4 Å². The molecule has 0 heterocycles. The molecule has 1 unspecified atom stereocenters. The van der Waals surface area contributed by atoms with E-state index in [2.05, 4.69) is 69.4 Å². The molecule has 16 heavy (non-hydrogen) atoms. The molecule has 0 aliphatic heterocycles. The Hall–Kier alpha value is 0.680. The minimum atomic E-state index is 0.959. The predicted molar refractivity (Wildman–Crippen MR) is 87.2 cm³/mol. The van der Waals surface area contributed by atoms with E-state index >= 15 is 0 Å². The minimum absolute atomic E-state index is 0.959. The average Bonchev–Trinajstić information content (AvgIpc) is 2.67. The second kappa shape index (κ2) is 6.57. The molecule has 0 amide bonds. The van der Waals surface area contributed by atoms with Gasteiger partial charge >= 0.3 is 0 Å². The number of alkyl halides is 1. The second-order valence-electron chi connectivity index (χ2n) is 4.80. The SMILES string of the molecule is Ic1ccc(CCCC2CC[C@@H](I)C2)cc1. The number of rotatable bonds is 4. The van der Waals surface area contributed by atoms with Crippen LogP contribution >= 0.6 is 45.2 Å². The van der Waals surface area contributed by atoms with Gasteiger partial charge in [0.05, 0.1) is 0 Å². The number of hydrogen-bond donors (Lipinski definition) is 0. The molecule has 1 aliphatic rings. The molecule has 88 valence electrons. The Morgan fingerprint density at radius 1 is 1.12 bits per heavy atom. The molecule has 1 aromatic carbocycles. The summed E-state index contributed by atoms with van der Waals surface area (Å²) in [5, 5.41) is 0. The molecule has 1 aliphatic carbocycles. The van der Waals surface area contributed by atoms with E-state index in [0.29, 0.717) is 0 Å². The number of aryl methyl sites for hydroxylation is 1. The van der Waals surface area contributed by atoms with E-state index in [1.807, 2.05) is 0 Å². The summed E-state index contributed by atoms with van der Waals surface area (Å²) in [5.41, 5.74) is 1.50. The molecule has 0 bridgehead atoms. The Bertz CT molecular complexity index is 318. The van der Waals surface area contributed by atoms with Crippen LogP contribution in [0.5, 0.6) is 0 Å². The van der Waals surface area contributed by atoms with Gasteiger partial charge in [0.2, 0.25) is 0 Å². The molecule has 0 N–H and O–H groups in total. The van der Waals surface area contributed by atoms with Gasteiger partial charge in [0.15, 0.2) is 0 Å². The molecule has 0 nitrogen and oxygen atoms in total. The third-order valence-corrected chi connectivity index (χ3v) is 5.32. The van der Waals surface area contributed by atoms with Crippen molar-refractivity contribution in [3.8, 4) is 0 Å². The molecule has 2 atom stereocenters. The largest absolute Gasteiger partial charge is 0.0826 e. The zero-order valence-corrected chi connectivity index (χ0v) is 13.8. The average molecular weight is 440 g/mol. The molecule has 0 saturated heterocycles. The van der Waals surface area contributed by atoms with Gasteiger partial charge in [-0.1, -0.05) is 41.1 Å². The highest BCUT2D eigenvalue weighted by Crippen LogP contribution is 2.34. The Morgan fingerprint density at radius 3 is 2.50 bits per heavy atom. The van der Waals surface area contributed by atoms with Crippen LogP contribution in [0.3, 0.4) is 0 Å². The van der Waals surface area contributed by atoms with Gasteiger partial charge in [0.25, 0.3) is 0 Å². The first-order valence-electron chi connectivity index (χ1n) is 6.12. The minimum Gasteiger partial charge on any atom is -0.0826 e. The van der Waals surface area contributed by atoms with Crippen molar-refractivity contribution in [3.63, 3.8) is 0 Å². The van der Waals surface area contributed by atoms with Gasteiger partial charge in [0, 0.05) is 7.49 Å². The normalized spacial score (nSPS) is 24.9. The van der Waals surface area contributed by atoms with Gasteiger partial charge in [-0.2, -0.15) is 0 Å². The van der Waals surface area contributed by atoms with Crippen molar-refractivity contribution in [2.24, 2.45) is 5.92 Å². The van der Waals surface area contributed by atoms with E-state index in [4.69, 9.17) is 0 Å². The summed E-state index contributed by atoms with van der Waals surface area (Å²) >= 11 is 4.98. The van der Waals surface area contributed by atoms with E-state index < -0.39 is 0 Å². The van der Waals surface area contributed by atoms with Crippen LogP contribution in [0.15, 0.2) is 24.3 Å². The molecule has 1 fully saturated rings. The topological polar surface area (TPSA) is 0 Å². The van der Waals surface area contributed by atoms with Gasteiger partial charge in [-0.25, -0.2) is 0 Å². The Kier molecular flexibility index (Phi) is 5.39. The summed E-state index contributed by atoms with van der Waals surface area (Å²) in [6, 6.07) is 8.98. The monoisotopic (exact) mass is 440 g/mol. The Labute approximate surface area is 126 Å². The lowest BCUT2D eigenvalue weighted by Crippen LogP contribution is -1.96. The quantitative estimate of drug-likeness (QED) is 0.445. The maximum absolute atomic E-state index is 2.61. The Balaban J connectivity index is 1.70. The van der Waals surface area contributed by atoms with E-state index in [0.717, 1.165) is 9.84 Å². The summed E-state index contributed by atoms with van der Waals surface area (Å²) in [7, 11) is 0. The van der Waals surface area contributed by atoms with E-state index in [1.165, 1.54) is 47.7 Å². The smallest absolute Gasteiger partial charge is 0.0130 e. The van der Waals surface area contributed by atoms with Crippen LogP contribution in [0.1, 0.15) is 37.7 Å². The second-order valence-corrected chi connectivity index (χ2v) is 7.80. The fourth-order valence-electron chi connectivity index (χ4n) is 2.52. The predicted octanol–water partition coefficient (Wildman–Crippen LogP) is 5.22. The van der Waals surface area contributed by atoms with E-state index in [9.17, 15) is 0 Å². The highest BCUT2D eigenvalue weighted by atomic mass is 127. The summed E-state index contributed by atoms with van der Waals surface area (Å²) in [6.45, 7) is 0. The maximum Gasteiger partial charge on any atom is 0.0130 e. The molecule has 2 heteroatoms. The van der Waals surface area contributed by atoms with Crippen LogP contribution in [0.2, 0.25) is 0 Å². The first-order chi connectivity index (χ1) is 7.74. The molecule has 0 radical (unpaired) electrons. The van der Waals surface area contributed by atoms with Gasteiger partial charge in [-0.15, -0.1) is 0 Å². The fourth-order valence-corrected chi connectivity index (χ4v) is 3.96. The van der Waals surface area contributed by atoms with Crippen molar-refractivity contribution in [1.29, 1.82) is 0 Å². The summed E-state index contributed by atoms with van der Waals surface area (Å²) < 4.78 is 2.30. The Morgan fingerprint density at radius 2 is 1.88 bits per heavy atom. The van der Waals surface area contributed by atoms with Crippen molar-refractivity contribution in [2.75, 3.05) is 0 Å². The zero-order valence-electron chi connectivity index (χ0n) is 9.46. The molecule has 1 aromatic rings. The number of hydrogen-bond acceptors (Lipinski definition) is 0. The number of benzene rings is 1. The first kappa shape index (κ1) is 13.1. The highest BCUT2D eigenvalue weighted by molar-refractivity contribution is 14.1. The number of halogens is 2. The summed E-state index contributed by atoms with van der Waals surface area (Å²) in [6.07, 6.45) is 8.46. The molecular formula is C14H18I2. The third-order valence-electron chi connectivity index (χ3n) is 3.47. The van der Waals surface area contributed by atoms with E-state index in [1.54, 1.807) is 0 Å². The summed E-state index contributed by atoms with van der Waals surface area (Å²) in [5.74, 6) is 1.02. The van der Waals surface area contributed by atoms with Gasteiger partial charge in [0.1, 0.15) is 0 Å². The molecule has 0 aromatic heterocycles. The maximum atomic E-state index is 2.61. The third kappa shape index (κ3) is 4.17. The van der Waals surface area contributed by atoms with E-state index in [-0.39, 0.29) is 0 Å². The molecule has 2 rings (SSSR count). The van der Waals surface area contributed by atoms with Gasteiger partial charge < -0.3 is 0 Å². The van der Waals surface area contributed by atoms with Crippen molar-refractivity contribution >= 4 is 45.2 Å².